The van der Waals surface area contributed by atoms with Gasteiger partial charge >= 0.3 is 11.8 Å². The minimum Gasteiger partial charge on any atom is -0.328 e. The van der Waals surface area contributed by atoms with Gasteiger partial charge in [0.2, 0.25) is 5.95 Å². The first-order valence-corrected chi connectivity index (χ1v) is 6.94. The lowest BCUT2D eigenvalue weighted by atomic mass is 10.3. The molecule has 0 aromatic carbocycles. The summed E-state index contributed by atoms with van der Waals surface area (Å²) in [5, 5.41) is 5.96. The summed E-state index contributed by atoms with van der Waals surface area (Å²) >= 11 is 1.06. The number of nitrogens with one attached hydrogen (secondary N) is 1. The number of thioether (sulfide) groups is 1. The van der Waals surface area contributed by atoms with Gasteiger partial charge < -0.3 is 4.90 Å². The minimum absolute atomic E-state index is 0.0827. The van der Waals surface area contributed by atoms with E-state index in [0.717, 1.165) is 16.7 Å². The maximum Gasteiger partial charge on any atom is 0.316 e. The maximum absolute atomic E-state index is 13.4. The summed E-state index contributed by atoms with van der Waals surface area (Å²) < 4.78 is 28.1. The number of hydrogen-bond donors (Lipinski definition) is 1. The van der Waals surface area contributed by atoms with Crippen molar-refractivity contribution < 1.29 is 18.4 Å². The number of nitrogens with zero attached hydrogens (tertiary/aromatic N) is 4. The number of aryl methyl sites for hydroxylation is 1. The standard InChI is InChI=1S/C10H13F2N5O2S/c1-16-9(13-6-14-16)15-7(18)8(19)17-2-3-20-5-10(11,12)4-17/h6H,2-5H2,1H3,(H,13,14,15,18). The highest BCUT2D eigenvalue weighted by Gasteiger charge is 2.37. The quantitative estimate of drug-likeness (QED) is 0.737. The Balaban J connectivity index is 2.02. The average Bonchev–Trinajstić information content (AvgIpc) is 2.68. The number of hydrogen-bond acceptors (Lipinski definition) is 5. The van der Waals surface area contributed by atoms with Gasteiger partial charge in [0, 0.05) is 19.3 Å². The second-order valence-electron chi connectivity index (χ2n) is 4.30. The van der Waals surface area contributed by atoms with Gasteiger partial charge in [-0.1, -0.05) is 0 Å². The maximum atomic E-state index is 13.4. The van der Waals surface area contributed by atoms with Crippen molar-refractivity contribution in [2.45, 2.75) is 5.92 Å². The molecule has 1 N–H and O–H groups in total. The highest BCUT2D eigenvalue weighted by Crippen LogP contribution is 2.24. The fourth-order valence-corrected chi connectivity index (χ4v) is 2.57. The molecule has 1 aliphatic rings. The molecular formula is C10H13F2N5O2S. The van der Waals surface area contributed by atoms with Crippen molar-refractivity contribution in [1.82, 2.24) is 19.7 Å². The predicted octanol–water partition coefficient (Wildman–Crippen LogP) is -0.0357. The molecular weight excluding hydrogens is 292 g/mol. The minimum atomic E-state index is -2.98. The van der Waals surface area contributed by atoms with Crippen LogP contribution in [0.25, 0.3) is 0 Å². The molecule has 7 nitrogen and oxygen atoms in total. The van der Waals surface area contributed by atoms with Gasteiger partial charge in [-0.15, -0.1) is 0 Å². The summed E-state index contributed by atoms with van der Waals surface area (Å²) in [7, 11) is 1.53. The fourth-order valence-electron chi connectivity index (χ4n) is 1.68. The van der Waals surface area contributed by atoms with Crippen LogP contribution in [0.5, 0.6) is 0 Å². The Morgan fingerprint density at radius 2 is 2.25 bits per heavy atom. The molecule has 1 aromatic rings. The Bertz CT molecular complexity index is 522. The monoisotopic (exact) mass is 305 g/mol. The van der Waals surface area contributed by atoms with Gasteiger partial charge in [0.15, 0.2) is 0 Å². The zero-order valence-electron chi connectivity index (χ0n) is 10.7. The lowest BCUT2D eigenvalue weighted by Crippen LogP contribution is -2.46. The smallest absolute Gasteiger partial charge is 0.316 e. The summed E-state index contributed by atoms with van der Waals surface area (Å²) in [6, 6.07) is 0. The molecule has 2 heterocycles. The van der Waals surface area contributed by atoms with E-state index in [1.165, 1.54) is 18.1 Å². The number of alkyl halides is 2. The van der Waals surface area contributed by atoms with Gasteiger partial charge in [-0.25, -0.2) is 13.5 Å². The average molecular weight is 305 g/mol. The Kier molecular flexibility index (Phi) is 4.21. The van der Waals surface area contributed by atoms with Crippen LogP contribution in [-0.4, -0.2) is 62.0 Å². The van der Waals surface area contributed by atoms with Crippen LogP contribution in [0.4, 0.5) is 14.7 Å². The van der Waals surface area contributed by atoms with E-state index in [9.17, 15) is 18.4 Å². The normalized spacial score (nSPS) is 18.4. The van der Waals surface area contributed by atoms with E-state index in [2.05, 4.69) is 15.4 Å². The molecule has 0 atom stereocenters. The second-order valence-corrected chi connectivity index (χ2v) is 5.40. The first-order valence-electron chi connectivity index (χ1n) is 5.79. The first-order chi connectivity index (χ1) is 9.39. The number of carbonyl (C=O) groups excluding carboxylic acids is 2. The summed E-state index contributed by atoms with van der Waals surface area (Å²) in [6.07, 6.45) is 1.21. The Hall–Kier alpha value is -1.71. The van der Waals surface area contributed by atoms with Crippen LogP contribution < -0.4 is 5.32 Å². The highest BCUT2D eigenvalue weighted by molar-refractivity contribution is 7.99. The summed E-state index contributed by atoms with van der Waals surface area (Å²) in [5.74, 6) is -4.86. The molecule has 1 aromatic heterocycles. The number of anilines is 1. The molecule has 0 bridgehead atoms. The van der Waals surface area contributed by atoms with Crippen molar-refractivity contribution in [3.63, 3.8) is 0 Å². The van der Waals surface area contributed by atoms with Crippen LogP contribution in [0.3, 0.4) is 0 Å². The van der Waals surface area contributed by atoms with E-state index in [1.54, 1.807) is 0 Å². The zero-order chi connectivity index (χ0) is 14.8. The van der Waals surface area contributed by atoms with Crippen LogP contribution in [0.15, 0.2) is 6.33 Å². The van der Waals surface area contributed by atoms with Crippen LogP contribution in [0.1, 0.15) is 0 Å². The zero-order valence-corrected chi connectivity index (χ0v) is 11.5. The SMILES string of the molecule is Cn1ncnc1NC(=O)C(=O)N1CCSCC(F)(F)C1. The molecule has 0 radical (unpaired) electrons. The van der Waals surface area contributed by atoms with Gasteiger partial charge in [0.25, 0.3) is 5.92 Å². The predicted molar refractivity (Wildman–Crippen MR) is 68.5 cm³/mol. The fraction of sp³-hybridized carbons (Fsp3) is 0.600. The molecule has 110 valence electrons. The van der Waals surface area contributed by atoms with Crippen molar-refractivity contribution in [1.29, 1.82) is 0 Å². The number of aromatic nitrogens is 3. The van der Waals surface area contributed by atoms with E-state index in [-0.39, 0.29) is 18.2 Å². The third-order valence-corrected chi connectivity index (χ3v) is 3.76. The van der Waals surface area contributed by atoms with Gasteiger partial charge in [0.1, 0.15) is 6.33 Å². The molecule has 0 aliphatic carbocycles. The van der Waals surface area contributed by atoms with Crippen LogP contribution >= 0.6 is 11.8 Å². The number of amides is 2. The van der Waals surface area contributed by atoms with Gasteiger partial charge in [0.05, 0.1) is 12.3 Å². The van der Waals surface area contributed by atoms with E-state index in [1.807, 2.05) is 0 Å². The van der Waals surface area contributed by atoms with Crippen LogP contribution in [0, 0.1) is 0 Å². The number of rotatable bonds is 1. The van der Waals surface area contributed by atoms with E-state index >= 15 is 0 Å². The Labute approximate surface area is 117 Å². The molecule has 0 spiro atoms. The molecule has 0 saturated carbocycles. The molecule has 1 aliphatic heterocycles. The van der Waals surface area contributed by atoms with E-state index in [4.69, 9.17) is 0 Å². The number of halogens is 2. The molecule has 1 fully saturated rings. The van der Waals surface area contributed by atoms with E-state index < -0.39 is 24.3 Å². The molecule has 2 amide bonds. The van der Waals surface area contributed by atoms with Crippen molar-refractivity contribution in [3.8, 4) is 0 Å². The first kappa shape index (κ1) is 14.7. The van der Waals surface area contributed by atoms with Crippen molar-refractivity contribution >= 4 is 29.5 Å². The Morgan fingerprint density at radius 1 is 1.50 bits per heavy atom. The summed E-state index contributed by atoms with van der Waals surface area (Å²) in [5.41, 5.74) is 0. The third-order valence-electron chi connectivity index (χ3n) is 2.66. The van der Waals surface area contributed by atoms with Crippen molar-refractivity contribution in [2.75, 3.05) is 29.9 Å². The van der Waals surface area contributed by atoms with Gasteiger partial charge in [-0.05, 0) is 0 Å². The Morgan fingerprint density at radius 3 is 2.90 bits per heavy atom. The highest BCUT2D eigenvalue weighted by atomic mass is 32.2. The third kappa shape index (κ3) is 3.44. The summed E-state index contributed by atoms with van der Waals surface area (Å²) in [4.78, 5) is 28.2. The lowest BCUT2D eigenvalue weighted by Gasteiger charge is -2.22. The van der Waals surface area contributed by atoms with Crippen molar-refractivity contribution in [3.05, 3.63) is 6.33 Å². The number of carbonyl (C=O) groups is 2. The molecule has 10 heteroatoms. The van der Waals surface area contributed by atoms with Crippen molar-refractivity contribution in [2.24, 2.45) is 7.05 Å². The van der Waals surface area contributed by atoms with Crippen LogP contribution in [-0.2, 0) is 16.6 Å². The molecule has 0 unspecified atom stereocenters. The van der Waals surface area contributed by atoms with E-state index in [0.29, 0.717) is 5.75 Å². The second kappa shape index (κ2) is 5.73. The molecule has 20 heavy (non-hydrogen) atoms. The molecule has 1 saturated heterocycles. The molecule has 2 rings (SSSR count). The summed E-state index contributed by atoms with van der Waals surface area (Å²) in [6.45, 7) is -0.629. The van der Waals surface area contributed by atoms with Gasteiger partial charge in [-0.3, -0.25) is 14.9 Å². The van der Waals surface area contributed by atoms with Crippen LogP contribution in [0.2, 0.25) is 0 Å². The largest absolute Gasteiger partial charge is 0.328 e. The van der Waals surface area contributed by atoms with Gasteiger partial charge in [-0.2, -0.15) is 21.8 Å². The topological polar surface area (TPSA) is 80.1 Å². The lowest BCUT2D eigenvalue weighted by molar-refractivity contribution is -0.145.